The topological polar surface area (TPSA) is 9.23 Å². The summed E-state index contributed by atoms with van der Waals surface area (Å²) in [6.45, 7) is -0.594. The smallest absolute Gasteiger partial charge is 0.320 e. The molecule has 1 nitrogen and oxygen atoms in total. The standard InChI is InChI=1S/C12H14F2O/c1-8-3-2-4-9(5-8)10-6-11(7-10)15-12(13)14/h2-5,10-12H,6-7H2,1H3. The van der Waals surface area contributed by atoms with Crippen LogP contribution in [0.15, 0.2) is 24.3 Å². The van der Waals surface area contributed by atoms with Crippen molar-refractivity contribution in [3.05, 3.63) is 35.4 Å². The fraction of sp³-hybridized carbons (Fsp3) is 0.500. The Morgan fingerprint density at radius 1 is 1.33 bits per heavy atom. The second-order valence-electron chi connectivity index (χ2n) is 4.10. The number of benzene rings is 1. The van der Waals surface area contributed by atoms with E-state index in [1.165, 1.54) is 11.1 Å². The van der Waals surface area contributed by atoms with E-state index in [4.69, 9.17) is 0 Å². The highest BCUT2D eigenvalue weighted by Gasteiger charge is 2.32. The van der Waals surface area contributed by atoms with Crippen molar-refractivity contribution in [1.29, 1.82) is 0 Å². The Balaban J connectivity index is 1.89. The van der Waals surface area contributed by atoms with Gasteiger partial charge >= 0.3 is 6.61 Å². The van der Waals surface area contributed by atoms with Crippen molar-refractivity contribution >= 4 is 0 Å². The first-order chi connectivity index (χ1) is 7.15. The number of ether oxygens (including phenoxy) is 1. The van der Waals surface area contributed by atoms with Gasteiger partial charge in [0, 0.05) is 0 Å². The fourth-order valence-corrected chi connectivity index (χ4v) is 2.02. The molecule has 1 aliphatic rings. The third-order valence-electron chi connectivity index (χ3n) is 2.90. The molecular weight excluding hydrogens is 198 g/mol. The lowest BCUT2D eigenvalue weighted by molar-refractivity contribution is -0.184. The molecule has 0 unspecified atom stereocenters. The third kappa shape index (κ3) is 2.53. The monoisotopic (exact) mass is 212 g/mol. The Kier molecular flexibility index (Phi) is 3.00. The molecule has 0 atom stereocenters. The summed E-state index contributed by atoms with van der Waals surface area (Å²) in [6, 6.07) is 8.21. The van der Waals surface area contributed by atoms with Crippen LogP contribution in [0, 0.1) is 6.92 Å². The van der Waals surface area contributed by atoms with Crippen LogP contribution >= 0.6 is 0 Å². The Hall–Kier alpha value is -0.960. The molecule has 1 aromatic rings. The summed E-state index contributed by atoms with van der Waals surface area (Å²) in [5, 5.41) is 0. The molecule has 0 heterocycles. The van der Waals surface area contributed by atoms with Gasteiger partial charge in [0.25, 0.3) is 0 Å². The van der Waals surface area contributed by atoms with Gasteiger partial charge in [-0.25, -0.2) is 0 Å². The highest BCUT2D eigenvalue weighted by atomic mass is 19.3. The molecule has 15 heavy (non-hydrogen) atoms. The van der Waals surface area contributed by atoms with Crippen molar-refractivity contribution in [2.75, 3.05) is 0 Å². The quantitative estimate of drug-likeness (QED) is 0.745. The molecule has 0 saturated heterocycles. The van der Waals surface area contributed by atoms with E-state index in [9.17, 15) is 8.78 Å². The van der Waals surface area contributed by atoms with E-state index in [0.717, 1.165) is 0 Å². The molecule has 2 rings (SSSR count). The van der Waals surface area contributed by atoms with Crippen LogP contribution in [0.2, 0.25) is 0 Å². The first-order valence-electron chi connectivity index (χ1n) is 5.15. The van der Waals surface area contributed by atoms with Crippen molar-refractivity contribution < 1.29 is 13.5 Å². The highest BCUT2D eigenvalue weighted by molar-refractivity contribution is 5.27. The van der Waals surface area contributed by atoms with E-state index in [-0.39, 0.29) is 6.10 Å². The molecule has 0 N–H and O–H groups in total. The molecule has 0 aromatic heterocycles. The summed E-state index contributed by atoms with van der Waals surface area (Å²) in [5.41, 5.74) is 2.45. The molecule has 0 bridgehead atoms. The first kappa shape index (κ1) is 10.6. The van der Waals surface area contributed by atoms with E-state index in [0.29, 0.717) is 18.8 Å². The highest BCUT2D eigenvalue weighted by Crippen LogP contribution is 2.39. The summed E-state index contributed by atoms with van der Waals surface area (Å²) < 4.78 is 28.2. The first-order valence-corrected chi connectivity index (χ1v) is 5.15. The second kappa shape index (κ2) is 4.27. The number of hydrogen-bond donors (Lipinski definition) is 0. The van der Waals surface area contributed by atoms with E-state index in [1.54, 1.807) is 0 Å². The van der Waals surface area contributed by atoms with Gasteiger partial charge in [-0.3, -0.25) is 0 Å². The van der Waals surface area contributed by atoms with E-state index in [1.807, 2.05) is 19.1 Å². The van der Waals surface area contributed by atoms with Crippen LogP contribution in [-0.4, -0.2) is 12.7 Å². The van der Waals surface area contributed by atoms with Gasteiger partial charge < -0.3 is 4.74 Å². The van der Waals surface area contributed by atoms with E-state index >= 15 is 0 Å². The summed E-state index contributed by atoms with van der Waals surface area (Å²) in [7, 11) is 0. The molecule has 0 spiro atoms. The van der Waals surface area contributed by atoms with Crippen molar-refractivity contribution in [2.45, 2.75) is 38.4 Å². The zero-order valence-electron chi connectivity index (χ0n) is 8.62. The average molecular weight is 212 g/mol. The van der Waals surface area contributed by atoms with Crippen molar-refractivity contribution in [1.82, 2.24) is 0 Å². The second-order valence-corrected chi connectivity index (χ2v) is 4.10. The Morgan fingerprint density at radius 3 is 2.67 bits per heavy atom. The van der Waals surface area contributed by atoms with Crippen LogP contribution in [-0.2, 0) is 4.74 Å². The molecule has 1 aliphatic carbocycles. The number of alkyl halides is 2. The lowest BCUT2D eigenvalue weighted by Crippen LogP contribution is -2.31. The third-order valence-corrected chi connectivity index (χ3v) is 2.90. The maximum Gasteiger partial charge on any atom is 0.345 e. The van der Waals surface area contributed by atoms with Crippen LogP contribution in [0.4, 0.5) is 8.78 Å². The van der Waals surface area contributed by atoms with E-state index < -0.39 is 6.61 Å². The molecule has 0 radical (unpaired) electrons. The van der Waals surface area contributed by atoms with Crippen molar-refractivity contribution in [2.24, 2.45) is 0 Å². The normalized spacial score (nSPS) is 25.3. The van der Waals surface area contributed by atoms with Crippen LogP contribution < -0.4 is 0 Å². The largest absolute Gasteiger partial charge is 0.345 e. The molecule has 0 amide bonds. The predicted octanol–water partition coefficient (Wildman–Crippen LogP) is 3.48. The van der Waals surface area contributed by atoms with Gasteiger partial charge in [0.1, 0.15) is 0 Å². The summed E-state index contributed by atoms with van der Waals surface area (Å²) in [5.74, 6) is 0.397. The number of hydrogen-bond acceptors (Lipinski definition) is 1. The lowest BCUT2D eigenvalue weighted by Gasteiger charge is -2.35. The maximum absolute atomic E-state index is 11.9. The average Bonchev–Trinajstić information content (AvgIpc) is 2.10. The zero-order chi connectivity index (χ0) is 10.8. The SMILES string of the molecule is Cc1cccc(C2CC(OC(F)F)C2)c1. The number of rotatable bonds is 3. The van der Waals surface area contributed by atoms with Crippen LogP contribution in [0.3, 0.4) is 0 Å². The lowest BCUT2D eigenvalue weighted by atomic mass is 9.77. The molecular formula is C12H14F2O. The molecule has 0 aliphatic heterocycles. The number of halogens is 2. The van der Waals surface area contributed by atoms with Crippen LogP contribution in [0.1, 0.15) is 29.9 Å². The minimum atomic E-state index is -2.63. The molecule has 82 valence electrons. The molecule has 3 heteroatoms. The van der Waals surface area contributed by atoms with Crippen LogP contribution in [0.25, 0.3) is 0 Å². The zero-order valence-corrected chi connectivity index (χ0v) is 8.62. The fourth-order valence-electron chi connectivity index (χ4n) is 2.02. The van der Waals surface area contributed by atoms with Gasteiger partial charge in [0.2, 0.25) is 0 Å². The van der Waals surface area contributed by atoms with Gasteiger partial charge in [-0.1, -0.05) is 29.8 Å². The summed E-state index contributed by atoms with van der Waals surface area (Å²) in [6.07, 6.45) is 1.18. The van der Waals surface area contributed by atoms with Gasteiger partial charge in [0.05, 0.1) is 6.10 Å². The Bertz CT molecular complexity index is 332. The summed E-state index contributed by atoms with van der Waals surface area (Å²) in [4.78, 5) is 0. The Morgan fingerprint density at radius 2 is 2.07 bits per heavy atom. The minimum absolute atomic E-state index is 0.254. The Labute approximate surface area is 88.1 Å². The number of aryl methyl sites for hydroxylation is 1. The molecule has 1 aromatic carbocycles. The minimum Gasteiger partial charge on any atom is -0.320 e. The molecule has 1 saturated carbocycles. The van der Waals surface area contributed by atoms with Gasteiger partial charge in [-0.2, -0.15) is 8.78 Å². The maximum atomic E-state index is 11.9. The van der Waals surface area contributed by atoms with Gasteiger partial charge in [0.15, 0.2) is 0 Å². The predicted molar refractivity (Wildman–Crippen MR) is 54.0 cm³/mol. The van der Waals surface area contributed by atoms with Crippen LogP contribution in [0.5, 0.6) is 0 Å². The van der Waals surface area contributed by atoms with Gasteiger partial charge in [-0.05, 0) is 31.2 Å². The van der Waals surface area contributed by atoms with Crippen molar-refractivity contribution in [3.63, 3.8) is 0 Å². The van der Waals surface area contributed by atoms with Crippen molar-refractivity contribution in [3.8, 4) is 0 Å². The van der Waals surface area contributed by atoms with E-state index in [2.05, 4.69) is 16.9 Å². The van der Waals surface area contributed by atoms with Gasteiger partial charge in [-0.15, -0.1) is 0 Å². The molecule has 1 fully saturated rings. The summed E-state index contributed by atoms with van der Waals surface area (Å²) >= 11 is 0.